The van der Waals surface area contributed by atoms with Crippen LogP contribution in [0.2, 0.25) is 0 Å². The highest BCUT2D eigenvalue weighted by Gasteiger charge is 2.28. The molecule has 4 heteroatoms. The second-order valence-corrected chi connectivity index (χ2v) is 8.06. The Morgan fingerprint density at radius 3 is 2.46 bits per heavy atom. The lowest BCUT2D eigenvalue weighted by molar-refractivity contribution is -0.0501. The quantitative estimate of drug-likeness (QED) is 0.524. The van der Waals surface area contributed by atoms with Gasteiger partial charge in [-0.2, -0.15) is 0 Å². The van der Waals surface area contributed by atoms with E-state index in [1.54, 1.807) is 19.2 Å². The van der Waals surface area contributed by atoms with Crippen molar-refractivity contribution < 1.29 is 14.6 Å². The summed E-state index contributed by atoms with van der Waals surface area (Å²) in [6.45, 7) is 0. The van der Waals surface area contributed by atoms with E-state index in [9.17, 15) is 5.11 Å². The molecule has 3 nitrogen and oxygen atoms in total. The maximum atomic E-state index is 9.37. The van der Waals surface area contributed by atoms with Gasteiger partial charge < -0.3 is 14.6 Å². The van der Waals surface area contributed by atoms with Gasteiger partial charge in [-0.1, -0.05) is 46.9 Å². The van der Waals surface area contributed by atoms with Crippen molar-refractivity contribution in [3.8, 4) is 11.5 Å². The van der Waals surface area contributed by atoms with Crippen LogP contribution >= 0.6 is 22.6 Å². The molecule has 0 unspecified atom stereocenters. The van der Waals surface area contributed by atoms with Crippen molar-refractivity contribution in [2.24, 2.45) is 0 Å². The molecule has 0 aliphatic carbocycles. The van der Waals surface area contributed by atoms with Crippen molar-refractivity contribution in [1.82, 2.24) is 0 Å². The standard InChI is InChI=1S/C20H23IO3/c1-23-18-10-5-15(6-11-18)20-13-16(21)12-19(24-20)9-4-14-2-7-17(22)8-3-14/h2-3,5-8,10-11,16,19-20,22H,4,9,12-13H2,1H3/t16-,19-,20-/m1/s1. The summed E-state index contributed by atoms with van der Waals surface area (Å²) in [5.41, 5.74) is 2.47. The van der Waals surface area contributed by atoms with E-state index >= 15 is 0 Å². The van der Waals surface area contributed by atoms with Crippen LogP contribution in [0.25, 0.3) is 0 Å². The molecule has 1 heterocycles. The predicted octanol–water partition coefficient (Wildman–Crippen LogP) is 5.06. The molecular formula is C20H23IO3. The Balaban J connectivity index is 1.61. The summed E-state index contributed by atoms with van der Waals surface area (Å²) < 4.78 is 12.2. The predicted molar refractivity (Wildman–Crippen MR) is 104 cm³/mol. The van der Waals surface area contributed by atoms with Gasteiger partial charge in [0.25, 0.3) is 0 Å². The first-order chi connectivity index (χ1) is 11.6. The fourth-order valence-electron chi connectivity index (χ4n) is 3.17. The van der Waals surface area contributed by atoms with E-state index < -0.39 is 0 Å². The summed E-state index contributed by atoms with van der Waals surface area (Å²) in [4.78, 5) is 0. The maximum absolute atomic E-state index is 9.37. The largest absolute Gasteiger partial charge is 0.508 e. The lowest BCUT2D eigenvalue weighted by Gasteiger charge is -2.33. The fraction of sp³-hybridized carbons (Fsp3) is 0.400. The minimum atomic E-state index is 0.163. The number of hydrogen-bond donors (Lipinski definition) is 1. The third-order valence-electron chi connectivity index (χ3n) is 4.52. The molecule has 1 saturated heterocycles. The minimum Gasteiger partial charge on any atom is -0.508 e. The molecule has 2 aromatic carbocycles. The number of benzene rings is 2. The lowest BCUT2D eigenvalue weighted by atomic mass is 9.95. The monoisotopic (exact) mass is 438 g/mol. The molecule has 0 saturated carbocycles. The van der Waals surface area contributed by atoms with Crippen LogP contribution < -0.4 is 4.74 Å². The molecule has 0 bridgehead atoms. The molecule has 24 heavy (non-hydrogen) atoms. The third kappa shape index (κ3) is 4.63. The van der Waals surface area contributed by atoms with Gasteiger partial charge in [0.1, 0.15) is 11.5 Å². The number of ether oxygens (including phenoxy) is 2. The summed E-state index contributed by atoms with van der Waals surface area (Å²) in [6.07, 6.45) is 4.59. The maximum Gasteiger partial charge on any atom is 0.118 e. The highest BCUT2D eigenvalue weighted by Crippen LogP contribution is 2.37. The SMILES string of the molecule is COc1ccc([C@H]2C[C@H](I)C[C@@H](CCc3ccc(O)cc3)O2)cc1. The number of phenols is 1. The number of hydrogen-bond acceptors (Lipinski definition) is 3. The van der Waals surface area contributed by atoms with Gasteiger partial charge in [-0.15, -0.1) is 0 Å². The fourth-order valence-corrected chi connectivity index (χ4v) is 4.20. The van der Waals surface area contributed by atoms with Crippen LogP contribution in [-0.2, 0) is 11.2 Å². The summed E-state index contributed by atoms with van der Waals surface area (Å²) in [5, 5.41) is 9.37. The molecule has 2 aromatic rings. The second kappa shape index (κ2) is 8.21. The van der Waals surface area contributed by atoms with Gasteiger partial charge in [-0.05, 0) is 61.1 Å². The molecule has 3 atom stereocenters. The zero-order valence-electron chi connectivity index (χ0n) is 13.8. The molecular weight excluding hydrogens is 415 g/mol. The Kier molecular flexibility index (Phi) is 6.00. The van der Waals surface area contributed by atoms with E-state index in [4.69, 9.17) is 9.47 Å². The number of halogens is 1. The van der Waals surface area contributed by atoms with Gasteiger partial charge in [0.2, 0.25) is 0 Å². The molecule has 3 rings (SSSR count). The zero-order valence-corrected chi connectivity index (χ0v) is 16.0. The van der Waals surface area contributed by atoms with Gasteiger partial charge in [-0.25, -0.2) is 0 Å². The number of aryl methyl sites for hydroxylation is 1. The summed E-state index contributed by atoms with van der Waals surface area (Å²) in [5.74, 6) is 1.20. The first kappa shape index (κ1) is 17.5. The van der Waals surface area contributed by atoms with Crippen molar-refractivity contribution >= 4 is 22.6 Å². The van der Waals surface area contributed by atoms with Crippen molar-refractivity contribution in [3.05, 3.63) is 59.7 Å². The highest BCUT2D eigenvalue weighted by molar-refractivity contribution is 14.1. The van der Waals surface area contributed by atoms with Crippen LogP contribution in [0.15, 0.2) is 48.5 Å². The average Bonchev–Trinajstić information content (AvgIpc) is 2.61. The van der Waals surface area contributed by atoms with Gasteiger partial charge in [0, 0.05) is 3.92 Å². The van der Waals surface area contributed by atoms with Crippen molar-refractivity contribution in [3.63, 3.8) is 0 Å². The first-order valence-corrected chi connectivity index (χ1v) is 9.60. The zero-order chi connectivity index (χ0) is 16.9. The second-order valence-electron chi connectivity index (χ2n) is 6.29. The van der Waals surface area contributed by atoms with Crippen LogP contribution in [0, 0.1) is 0 Å². The molecule has 0 spiro atoms. The van der Waals surface area contributed by atoms with Gasteiger partial charge in [0.15, 0.2) is 0 Å². The Bertz CT molecular complexity index is 639. The smallest absolute Gasteiger partial charge is 0.118 e. The van der Waals surface area contributed by atoms with E-state index in [0.717, 1.165) is 31.4 Å². The van der Waals surface area contributed by atoms with E-state index in [-0.39, 0.29) is 12.2 Å². The van der Waals surface area contributed by atoms with Crippen LogP contribution in [0.3, 0.4) is 0 Å². The molecule has 1 fully saturated rings. The van der Waals surface area contributed by atoms with Crippen LogP contribution in [0.5, 0.6) is 11.5 Å². The molecule has 0 radical (unpaired) electrons. The average molecular weight is 438 g/mol. The molecule has 1 N–H and O–H groups in total. The summed E-state index contributed by atoms with van der Waals surface area (Å²) in [6, 6.07) is 15.7. The van der Waals surface area contributed by atoms with E-state index in [1.165, 1.54) is 11.1 Å². The number of alkyl halides is 1. The molecule has 1 aliphatic heterocycles. The number of methoxy groups -OCH3 is 1. The topological polar surface area (TPSA) is 38.7 Å². The van der Waals surface area contributed by atoms with E-state index in [2.05, 4.69) is 34.7 Å². The number of rotatable bonds is 5. The lowest BCUT2D eigenvalue weighted by Crippen LogP contribution is -2.29. The van der Waals surface area contributed by atoms with Crippen LogP contribution in [0.4, 0.5) is 0 Å². The van der Waals surface area contributed by atoms with Gasteiger partial charge in [0.05, 0.1) is 19.3 Å². The Morgan fingerprint density at radius 1 is 1.08 bits per heavy atom. The highest BCUT2D eigenvalue weighted by atomic mass is 127. The van der Waals surface area contributed by atoms with Crippen molar-refractivity contribution in [2.75, 3.05) is 7.11 Å². The summed E-state index contributed by atoms with van der Waals surface area (Å²) >= 11 is 2.55. The van der Waals surface area contributed by atoms with E-state index in [1.807, 2.05) is 24.3 Å². The van der Waals surface area contributed by atoms with E-state index in [0.29, 0.717) is 9.67 Å². The normalized spacial score (nSPS) is 23.8. The first-order valence-electron chi connectivity index (χ1n) is 8.35. The Morgan fingerprint density at radius 2 is 1.79 bits per heavy atom. The number of aromatic hydroxyl groups is 1. The Hall–Kier alpha value is -1.27. The van der Waals surface area contributed by atoms with Gasteiger partial charge in [-0.3, -0.25) is 0 Å². The number of phenolic OH excluding ortho intramolecular Hbond substituents is 1. The van der Waals surface area contributed by atoms with Gasteiger partial charge >= 0.3 is 0 Å². The van der Waals surface area contributed by atoms with Crippen molar-refractivity contribution in [2.45, 2.75) is 41.8 Å². The summed E-state index contributed by atoms with van der Waals surface area (Å²) in [7, 11) is 1.69. The molecule has 0 aromatic heterocycles. The van der Waals surface area contributed by atoms with Crippen LogP contribution in [0.1, 0.15) is 36.5 Å². The Labute approximate surface area is 157 Å². The van der Waals surface area contributed by atoms with Crippen molar-refractivity contribution in [1.29, 1.82) is 0 Å². The molecule has 128 valence electrons. The third-order valence-corrected chi connectivity index (χ3v) is 5.54. The molecule has 0 amide bonds. The molecule has 1 aliphatic rings. The van der Waals surface area contributed by atoms with Crippen LogP contribution in [-0.4, -0.2) is 22.2 Å². The minimum absolute atomic E-state index is 0.163.